The molecule has 0 saturated heterocycles. The number of esters is 1. The predicted molar refractivity (Wildman–Crippen MR) is 62.9 cm³/mol. The topological polar surface area (TPSA) is 46.5 Å². The second kappa shape index (κ2) is 6.55. The summed E-state index contributed by atoms with van der Waals surface area (Å²) in [5.41, 5.74) is -1.19. The summed E-state index contributed by atoms with van der Waals surface area (Å²) < 4.78 is 79.8. The summed E-state index contributed by atoms with van der Waals surface area (Å²) in [6, 6.07) is 2.79. The zero-order chi connectivity index (χ0) is 17.1. The maximum absolute atomic E-state index is 12.5. The number of aliphatic hydroxyl groups excluding tert-OH is 1. The number of carbonyl (C=O) groups is 1. The molecule has 0 heterocycles. The largest absolute Gasteiger partial charge is 0.464 e. The van der Waals surface area contributed by atoms with Crippen molar-refractivity contribution in [3.63, 3.8) is 0 Å². The number of rotatable bonds is 4. The van der Waals surface area contributed by atoms with Crippen LogP contribution < -0.4 is 0 Å². The molecular weight excluding hydrogens is 318 g/mol. The molecule has 1 N–H and O–H groups in total. The zero-order valence-corrected chi connectivity index (χ0v) is 11.2. The summed E-state index contributed by atoms with van der Waals surface area (Å²) in [4.78, 5) is 11.2. The maximum Gasteiger partial charge on any atom is 0.404 e. The third kappa shape index (κ3) is 4.36. The van der Waals surface area contributed by atoms with Crippen molar-refractivity contribution in [1.82, 2.24) is 0 Å². The Balaban J connectivity index is 3.07. The first kappa shape index (κ1) is 18.3. The normalized spacial score (nSPS) is 14.0. The third-order valence-corrected chi connectivity index (χ3v) is 2.75. The molecule has 1 unspecified atom stereocenters. The molecule has 0 radical (unpaired) electrons. The van der Waals surface area contributed by atoms with Crippen LogP contribution in [0.3, 0.4) is 0 Å². The van der Waals surface area contributed by atoms with E-state index in [1.54, 1.807) is 0 Å². The maximum atomic E-state index is 12.5. The number of hydrogen-bond donors (Lipinski definition) is 1. The lowest BCUT2D eigenvalue weighted by Crippen LogP contribution is -2.34. The lowest BCUT2D eigenvalue weighted by Gasteiger charge is -2.23. The molecule has 0 aromatic heterocycles. The van der Waals surface area contributed by atoms with Crippen molar-refractivity contribution in [3.8, 4) is 0 Å². The Morgan fingerprint density at radius 3 is 1.82 bits per heavy atom. The van der Waals surface area contributed by atoms with Gasteiger partial charge in [0, 0.05) is 0 Å². The Hall–Kier alpha value is -1.77. The molecular formula is C13H12F6O3. The van der Waals surface area contributed by atoms with E-state index in [9.17, 15) is 36.2 Å². The second-order valence-corrected chi connectivity index (χ2v) is 4.34. The van der Waals surface area contributed by atoms with Crippen LogP contribution in [0, 0.1) is 0 Å². The van der Waals surface area contributed by atoms with Crippen LogP contribution in [0.5, 0.6) is 0 Å². The minimum atomic E-state index is -5.50. The minimum Gasteiger partial charge on any atom is -0.464 e. The van der Waals surface area contributed by atoms with Gasteiger partial charge >= 0.3 is 18.3 Å². The number of halogens is 6. The lowest BCUT2D eigenvalue weighted by atomic mass is 9.96. The van der Waals surface area contributed by atoms with Gasteiger partial charge in [0.25, 0.3) is 0 Å². The van der Waals surface area contributed by atoms with Gasteiger partial charge in [-0.2, -0.15) is 26.3 Å². The number of alkyl halides is 6. The van der Waals surface area contributed by atoms with Gasteiger partial charge < -0.3 is 9.84 Å². The summed E-state index contributed by atoms with van der Waals surface area (Å²) >= 11 is 0. The highest BCUT2D eigenvalue weighted by Gasteiger charge is 2.57. The smallest absolute Gasteiger partial charge is 0.404 e. The molecule has 0 aliphatic heterocycles. The Labute approximate surface area is 121 Å². The average molecular weight is 330 g/mol. The van der Waals surface area contributed by atoms with Gasteiger partial charge in [-0.05, 0) is 18.1 Å². The van der Waals surface area contributed by atoms with E-state index < -0.39 is 35.9 Å². The summed E-state index contributed by atoms with van der Waals surface area (Å²) in [6.45, 7) is 1.45. The fourth-order valence-electron chi connectivity index (χ4n) is 1.79. The van der Waals surface area contributed by atoms with Crippen LogP contribution in [0.1, 0.15) is 30.1 Å². The molecule has 9 heteroatoms. The Kier molecular flexibility index (Phi) is 5.44. The monoisotopic (exact) mass is 330 g/mol. The minimum absolute atomic E-state index is 0.0296. The molecule has 0 aliphatic carbocycles. The summed E-state index contributed by atoms with van der Waals surface area (Å²) in [5, 5.41) is 9.55. The van der Waals surface area contributed by atoms with E-state index in [1.807, 2.05) is 0 Å². The van der Waals surface area contributed by atoms with Gasteiger partial charge in [-0.1, -0.05) is 24.3 Å². The lowest BCUT2D eigenvalue weighted by molar-refractivity contribution is -0.253. The predicted octanol–water partition coefficient (Wildman–Crippen LogP) is 3.49. The molecule has 0 spiro atoms. The number of ether oxygens (including phenoxy) is 1. The van der Waals surface area contributed by atoms with Gasteiger partial charge in [-0.25, -0.2) is 4.79 Å². The van der Waals surface area contributed by atoms with Crippen LogP contribution in [0.2, 0.25) is 0 Å². The molecule has 0 saturated carbocycles. The van der Waals surface area contributed by atoms with Crippen LogP contribution in [-0.2, 0) is 9.53 Å². The third-order valence-electron chi connectivity index (χ3n) is 2.75. The van der Waals surface area contributed by atoms with Crippen LogP contribution in [0.4, 0.5) is 26.3 Å². The summed E-state index contributed by atoms with van der Waals surface area (Å²) in [7, 11) is 0. The van der Waals surface area contributed by atoms with E-state index in [2.05, 4.69) is 4.74 Å². The molecule has 3 nitrogen and oxygen atoms in total. The fourth-order valence-corrected chi connectivity index (χ4v) is 1.79. The van der Waals surface area contributed by atoms with Crippen molar-refractivity contribution in [3.05, 3.63) is 35.4 Å². The summed E-state index contributed by atoms with van der Waals surface area (Å²) in [6.07, 6.45) is -12.8. The number of carbonyl (C=O) groups excluding carboxylic acids is 1. The molecule has 1 aromatic carbocycles. The zero-order valence-electron chi connectivity index (χ0n) is 11.2. The van der Waals surface area contributed by atoms with Gasteiger partial charge in [0.15, 0.2) is 12.0 Å². The van der Waals surface area contributed by atoms with Gasteiger partial charge in [-0.15, -0.1) is 0 Å². The molecule has 1 aromatic rings. The van der Waals surface area contributed by atoms with Crippen LogP contribution in [-0.4, -0.2) is 30.0 Å². The molecule has 22 heavy (non-hydrogen) atoms. The highest BCUT2D eigenvalue weighted by Crippen LogP contribution is 2.46. The van der Waals surface area contributed by atoms with Crippen LogP contribution in [0.25, 0.3) is 0 Å². The van der Waals surface area contributed by atoms with E-state index in [4.69, 9.17) is 0 Å². The fraction of sp³-hybridized carbons (Fsp3) is 0.462. The van der Waals surface area contributed by atoms with E-state index in [1.165, 1.54) is 6.92 Å². The Bertz CT molecular complexity index is 492. The van der Waals surface area contributed by atoms with Crippen molar-refractivity contribution in [1.29, 1.82) is 0 Å². The van der Waals surface area contributed by atoms with E-state index >= 15 is 0 Å². The van der Waals surface area contributed by atoms with Crippen molar-refractivity contribution >= 4 is 5.97 Å². The van der Waals surface area contributed by atoms with E-state index in [0.717, 1.165) is 12.1 Å². The molecule has 1 rings (SSSR count). The highest BCUT2D eigenvalue weighted by atomic mass is 19.4. The molecule has 1 atom stereocenters. The van der Waals surface area contributed by atoms with Crippen molar-refractivity contribution < 1.29 is 41.0 Å². The highest BCUT2D eigenvalue weighted by molar-refractivity contribution is 5.76. The van der Waals surface area contributed by atoms with E-state index in [-0.39, 0.29) is 12.2 Å². The average Bonchev–Trinajstić information content (AvgIpc) is 2.35. The van der Waals surface area contributed by atoms with Gasteiger partial charge in [0.1, 0.15) is 0 Å². The first-order chi connectivity index (χ1) is 9.98. The summed E-state index contributed by atoms with van der Waals surface area (Å²) in [5.74, 6) is -4.67. The number of aliphatic hydroxyl groups is 1. The molecule has 0 fully saturated rings. The standard InChI is InChI=1S/C13H12F6O3/c1-2-22-11(21)9(20)7-3-5-8(6-4-7)10(12(14,15)16)13(17,18)19/h3-6,9-10,20H,2H2,1H3. The van der Waals surface area contributed by atoms with E-state index in [0.29, 0.717) is 12.1 Å². The first-order valence-electron chi connectivity index (χ1n) is 6.06. The number of benzene rings is 1. The molecule has 124 valence electrons. The molecule has 0 amide bonds. The quantitative estimate of drug-likeness (QED) is 0.679. The van der Waals surface area contributed by atoms with Gasteiger partial charge in [-0.3, -0.25) is 0 Å². The second-order valence-electron chi connectivity index (χ2n) is 4.34. The van der Waals surface area contributed by atoms with Gasteiger partial charge in [0.2, 0.25) is 0 Å². The molecule has 0 bridgehead atoms. The van der Waals surface area contributed by atoms with Crippen LogP contribution >= 0.6 is 0 Å². The number of hydrogen-bond acceptors (Lipinski definition) is 3. The van der Waals surface area contributed by atoms with Crippen molar-refractivity contribution in [2.24, 2.45) is 0 Å². The SMILES string of the molecule is CCOC(=O)C(O)c1ccc(C(C(F)(F)F)C(F)(F)F)cc1. The molecule has 0 aliphatic rings. The van der Waals surface area contributed by atoms with Crippen molar-refractivity contribution in [2.75, 3.05) is 6.61 Å². The van der Waals surface area contributed by atoms with Crippen molar-refractivity contribution in [2.45, 2.75) is 31.3 Å². The Morgan fingerprint density at radius 1 is 1.05 bits per heavy atom. The Morgan fingerprint density at radius 2 is 1.45 bits per heavy atom. The first-order valence-corrected chi connectivity index (χ1v) is 6.06. The van der Waals surface area contributed by atoms with Gasteiger partial charge in [0.05, 0.1) is 6.61 Å². The van der Waals surface area contributed by atoms with Crippen LogP contribution in [0.15, 0.2) is 24.3 Å².